The van der Waals surface area contributed by atoms with Crippen molar-refractivity contribution in [3.63, 3.8) is 0 Å². The third-order valence-electron chi connectivity index (χ3n) is 4.89. The highest BCUT2D eigenvalue weighted by Crippen LogP contribution is 2.27. The predicted molar refractivity (Wildman–Crippen MR) is 130 cm³/mol. The molecule has 0 unspecified atom stereocenters. The lowest BCUT2D eigenvalue weighted by molar-refractivity contribution is -0.115. The van der Waals surface area contributed by atoms with Gasteiger partial charge < -0.3 is 10.1 Å². The van der Waals surface area contributed by atoms with E-state index in [1.54, 1.807) is 19.2 Å². The fraction of sp³-hybridized carbons (Fsp3) is 0.208. The highest BCUT2D eigenvalue weighted by molar-refractivity contribution is 8.00. The number of thioether (sulfide) groups is 1. The SMILES string of the molecule is COc1ccc(S[C@@H](C)C(=O)Nc2ccc(S(=O)(=O)Nc3c(C)cccc3C)cc2)cc1. The summed E-state index contributed by atoms with van der Waals surface area (Å²) in [6, 6.07) is 19.2. The number of benzene rings is 3. The van der Waals surface area contributed by atoms with Gasteiger partial charge in [0.25, 0.3) is 10.0 Å². The van der Waals surface area contributed by atoms with Gasteiger partial charge in [-0.05, 0) is 80.4 Å². The summed E-state index contributed by atoms with van der Waals surface area (Å²) >= 11 is 1.43. The van der Waals surface area contributed by atoms with Gasteiger partial charge in [-0.3, -0.25) is 9.52 Å². The largest absolute Gasteiger partial charge is 0.497 e. The molecule has 0 bridgehead atoms. The Balaban J connectivity index is 1.64. The average Bonchev–Trinajstić information content (AvgIpc) is 2.77. The third-order valence-corrected chi connectivity index (χ3v) is 7.37. The monoisotopic (exact) mass is 470 g/mol. The van der Waals surface area contributed by atoms with Crippen LogP contribution in [-0.4, -0.2) is 26.7 Å². The average molecular weight is 471 g/mol. The van der Waals surface area contributed by atoms with Crippen molar-refractivity contribution in [1.82, 2.24) is 0 Å². The number of aryl methyl sites for hydroxylation is 2. The van der Waals surface area contributed by atoms with Crippen molar-refractivity contribution in [2.24, 2.45) is 0 Å². The molecular weight excluding hydrogens is 444 g/mol. The number of carbonyl (C=O) groups is 1. The molecule has 0 saturated carbocycles. The zero-order chi connectivity index (χ0) is 23.3. The first kappa shape index (κ1) is 23.7. The summed E-state index contributed by atoms with van der Waals surface area (Å²) in [6.45, 7) is 5.53. The molecule has 0 aliphatic heterocycles. The van der Waals surface area contributed by atoms with Gasteiger partial charge in [0, 0.05) is 10.6 Å². The van der Waals surface area contributed by atoms with E-state index < -0.39 is 10.0 Å². The molecule has 0 heterocycles. The van der Waals surface area contributed by atoms with Crippen molar-refractivity contribution in [2.45, 2.75) is 35.8 Å². The highest BCUT2D eigenvalue weighted by atomic mass is 32.2. The number of hydrogen-bond acceptors (Lipinski definition) is 5. The van der Waals surface area contributed by atoms with Gasteiger partial charge in [0.15, 0.2) is 0 Å². The van der Waals surface area contributed by atoms with Gasteiger partial charge in [0.2, 0.25) is 5.91 Å². The van der Waals surface area contributed by atoms with Gasteiger partial charge in [-0.2, -0.15) is 0 Å². The molecule has 0 aromatic heterocycles. The smallest absolute Gasteiger partial charge is 0.261 e. The van der Waals surface area contributed by atoms with Crippen molar-refractivity contribution in [3.05, 3.63) is 77.9 Å². The maximum absolute atomic E-state index is 12.8. The van der Waals surface area contributed by atoms with Crippen LogP contribution in [0.2, 0.25) is 0 Å². The van der Waals surface area contributed by atoms with Crippen LogP contribution in [-0.2, 0) is 14.8 Å². The fourth-order valence-corrected chi connectivity index (χ4v) is 5.11. The van der Waals surface area contributed by atoms with E-state index >= 15 is 0 Å². The standard InChI is InChI=1S/C24H26N2O4S2/c1-16-6-5-7-17(2)23(16)26-32(28,29)22-14-8-19(9-15-22)25-24(27)18(3)31-21-12-10-20(30-4)11-13-21/h5-15,18,26H,1-4H3,(H,25,27)/t18-/m0/s1. The van der Waals surface area contributed by atoms with Crippen LogP contribution in [0.4, 0.5) is 11.4 Å². The Kier molecular flexibility index (Phi) is 7.48. The maximum Gasteiger partial charge on any atom is 0.261 e. The van der Waals surface area contributed by atoms with Crippen LogP contribution in [0.15, 0.2) is 76.5 Å². The van der Waals surface area contributed by atoms with E-state index in [4.69, 9.17) is 4.74 Å². The molecule has 3 rings (SSSR count). The Morgan fingerprint density at radius 1 is 0.938 bits per heavy atom. The quantitative estimate of drug-likeness (QED) is 0.440. The number of para-hydroxylation sites is 1. The molecule has 0 aliphatic rings. The zero-order valence-electron chi connectivity index (χ0n) is 18.4. The van der Waals surface area contributed by atoms with Gasteiger partial charge in [-0.25, -0.2) is 8.42 Å². The number of hydrogen-bond donors (Lipinski definition) is 2. The second-order valence-electron chi connectivity index (χ2n) is 7.32. The van der Waals surface area contributed by atoms with E-state index in [-0.39, 0.29) is 16.1 Å². The van der Waals surface area contributed by atoms with Crippen LogP contribution >= 0.6 is 11.8 Å². The third kappa shape index (κ3) is 5.83. The zero-order valence-corrected chi connectivity index (χ0v) is 20.0. The van der Waals surface area contributed by atoms with Gasteiger partial charge >= 0.3 is 0 Å². The second kappa shape index (κ2) is 10.1. The molecular formula is C24H26N2O4S2. The van der Waals surface area contributed by atoms with E-state index in [1.165, 1.54) is 23.9 Å². The molecule has 32 heavy (non-hydrogen) atoms. The van der Waals surface area contributed by atoms with Crippen LogP contribution in [0, 0.1) is 13.8 Å². The van der Waals surface area contributed by atoms with Crippen LogP contribution < -0.4 is 14.8 Å². The topological polar surface area (TPSA) is 84.5 Å². The van der Waals surface area contributed by atoms with Gasteiger partial charge in [0.1, 0.15) is 5.75 Å². The minimum absolute atomic E-state index is 0.124. The Morgan fingerprint density at radius 2 is 1.53 bits per heavy atom. The Hall–Kier alpha value is -2.97. The van der Waals surface area contributed by atoms with Gasteiger partial charge in [-0.15, -0.1) is 11.8 Å². The summed E-state index contributed by atoms with van der Waals surface area (Å²) in [5.41, 5.74) is 2.80. The summed E-state index contributed by atoms with van der Waals surface area (Å²) in [4.78, 5) is 13.6. The number of methoxy groups -OCH3 is 1. The van der Waals surface area contributed by atoms with Gasteiger partial charge in [-0.1, -0.05) is 18.2 Å². The molecule has 8 heteroatoms. The fourth-order valence-electron chi connectivity index (χ4n) is 3.04. The van der Waals surface area contributed by atoms with E-state index in [0.717, 1.165) is 21.8 Å². The number of rotatable bonds is 8. The van der Waals surface area contributed by atoms with Gasteiger partial charge in [0.05, 0.1) is 22.9 Å². The van der Waals surface area contributed by atoms with E-state index in [0.29, 0.717) is 11.4 Å². The molecule has 6 nitrogen and oxygen atoms in total. The lowest BCUT2D eigenvalue weighted by Gasteiger charge is -2.14. The number of carbonyl (C=O) groups excluding carboxylic acids is 1. The van der Waals surface area contributed by atoms with E-state index in [9.17, 15) is 13.2 Å². The highest BCUT2D eigenvalue weighted by Gasteiger charge is 2.18. The van der Waals surface area contributed by atoms with Crippen molar-refractivity contribution in [1.29, 1.82) is 0 Å². The van der Waals surface area contributed by atoms with Crippen molar-refractivity contribution in [2.75, 3.05) is 17.1 Å². The second-order valence-corrected chi connectivity index (χ2v) is 10.4. The number of amides is 1. The molecule has 1 amide bonds. The van der Waals surface area contributed by atoms with Crippen molar-refractivity contribution in [3.8, 4) is 5.75 Å². The lowest BCUT2D eigenvalue weighted by Crippen LogP contribution is -2.22. The molecule has 0 spiro atoms. The summed E-state index contributed by atoms with van der Waals surface area (Å²) in [6.07, 6.45) is 0. The summed E-state index contributed by atoms with van der Waals surface area (Å²) in [5.74, 6) is 0.587. The normalized spacial score (nSPS) is 12.1. The Bertz CT molecular complexity index is 1170. The lowest BCUT2D eigenvalue weighted by atomic mass is 10.1. The molecule has 3 aromatic rings. The Labute approximate surface area is 193 Å². The van der Waals surface area contributed by atoms with Crippen LogP contribution in [0.5, 0.6) is 5.75 Å². The van der Waals surface area contributed by atoms with Crippen LogP contribution in [0.3, 0.4) is 0 Å². The molecule has 1 atom stereocenters. The first-order chi connectivity index (χ1) is 15.2. The maximum atomic E-state index is 12.8. The minimum Gasteiger partial charge on any atom is -0.497 e. The summed E-state index contributed by atoms with van der Waals surface area (Å²) in [7, 11) is -2.14. The van der Waals surface area contributed by atoms with Crippen molar-refractivity contribution < 1.29 is 17.9 Å². The predicted octanol–water partition coefficient (Wildman–Crippen LogP) is 5.23. The van der Waals surface area contributed by atoms with E-state index in [2.05, 4.69) is 10.0 Å². The molecule has 0 aliphatic carbocycles. The Morgan fingerprint density at radius 3 is 2.09 bits per heavy atom. The minimum atomic E-state index is -3.74. The number of ether oxygens (including phenoxy) is 1. The molecule has 2 N–H and O–H groups in total. The molecule has 168 valence electrons. The summed E-state index contributed by atoms with van der Waals surface area (Å²) < 4.78 is 33.4. The molecule has 3 aromatic carbocycles. The number of anilines is 2. The molecule has 0 radical (unpaired) electrons. The van der Waals surface area contributed by atoms with Crippen molar-refractivity contribution >= 4 is 39.1 Å². The molecule has 0 fully saturated rings. The molecule has 0 saturated heterocycles. The van der Waals surface area contributed by atoms with Crippen LogP contribution in [0.25, 0.3) is 0 Å². The summed E-state index contributed by atoms with van der Waals surface area (Å²) in [5, 5.41) is 2.50. The first-order valence-corrected chi connectivity index (χ1v) is 12.4. The number of sulfonamides is 1. The number of nitrogens with one attached hydrogen (secondary N) is 2. The van der Waals surface area contributed by atoms with Crippen LogP contribution in [0.1, 0.15) is 18.1 Å². The van der Waals surface area contributed by atoms with E-state index in [1.807, 2.05) is 63.2 Å². The first-order valence-electron chi connectivity index (χ1n) is 10.0.